The summed E-state index contributed by atoms with van der Waals surface area (Å²) in [4.78, 5) is 11.8. The molecule has 2 amide bonds. The molecule has 1 aromatic rings. The van der Waals surface area contributed by atoms with Gasteiger partial charge in [-0.05, 0) is 31.0 Å². The lowest BCUT2D eigenvalue weighted by molar-refractivity contribution is 0.189. The van der Waals surface area contributed by atoms with E-state index in [1.54, 1.807) is 0 Å². The van der Waals surface area contributed by atoms with Crippen molar-refractivity contribution in [1.29, 1.82) is 0 Å². The van der Waals surface area contributed by atoms with Crippen molar-refractivity contribution in [3.63, 3.8) is 0 Å². The second kappa shape index (κ2) is 6.94. The number of amides is 2. The highest BCUT2D eigenvalue weighted by atomic mass is 16.5. The summed E-state index contributed by atoms with van der Waals surface area (Å²) in [5.74, 6) is 5.81. The monoisotopic (exact) mass is 273 g/mol. The Kier molecular flexibility index (Phi) is 4.99. The van der Waals surface area contributed by atoms with Gasteiger partial charge in [-0.25, -0.2) is 4.79 Å². The van der Waals surface area contributed by atoms with Crippen molar-refractivity contribution in [2.24, 2.45) is 5.73 Å². The van der Waals surface area contributed by atoms with Crippen molar-refractivity contribution >= 4 is 11.7 Å². The highest BCUT2D eigenvalue weighted by molar-refractivity contribution is 5.89. The third-order valence-electron chi connectivity index (χ3n) is 3.09. The van der Waals surface area contributed by atoms with Crippen LogP contribution >= 0.6 is 0 Å². The molecular formula is C15H19N3O2. The summed E-state index contributed by atoms with van der Waals surface area (Å²) in [6.45, 7) is 3.57. The number of carbonyl (C=O) groups is 1. The normalized spacial score (nSPS) is 17.2. The van der Waals surface area contributed by atoms with Crippen molar-refractivity contribution in [2.75, 3.05) is 25.1 Å². The maximum Gasteiger partial charge on any atom is 0.319 e. The summed E-state index contributed by atoms with van der Waals surface area (Å²) in [6.07, 6.45) is 0.856. The van der Waals surface area contributed by atoms with Crippen molar-refractivity contribution in [1.82, 2.24) is 5.32 Å². The van der Waals surface area contributed by atoms with Crippen LogP contribution in [0.15, 0.2) is 18.2 Å². The zero-order valence-corrected chi connectivity index (χ0v) is 11.5. The Balaban J connectivity index is 1.99. The molecule has 0 aliphatic carbocycles. The highest BCUT2D eigenvalue weighted by Crippen LogP contribution is 2.14. The van der Waals surface area contributed by atoms with E-state index < -0.39 is 0 Å². The Morgan fingerprint density at radius 1 is 1.55 bits per heavy atom. The molecule has 1 aliphatic rings. The molecule has 0 spiro atoms. The standard InChI is InChI=1S/C15H19N3O2/c1-11-4-5-13(9-12(11)3-2-7-16)17-15(19)18-14-6-8-20-10-14/h4-5,9,14H,6-8,10,16H2,1H3,(H2,17,18,19). The van der Waals surface area contributed by atoms with E-state index in [0.29, 0.717) is 25.4 Å². The molecule has 4 N–H and O–H groups in total. The van der Waals surface area contributed by atoms with Crippen molar-refractivity contribution in [3.8, 4) is 11.8 Å². The molecule has 5 heteroatoms. The van der Waals surface area contributed by atoms with Crippen LogP contribution in [0.5, 0.6) is 0 Å². The van der Waals surface area contributed by atoms with Gasteiger partial charge in [0, 0.05) is 17.9 Å². The topological polar surface area (TPSA) is 76.4 Å². The molecule has 5 nitrogen and oxygen atoms in total. The number of rotatable bonds is 2. The van der Waals surface area contributed by atoms with Gasteiger partial charge in [-0.15, -0.1) is 0 Å². The Bertz CT molecular complexity index is 540. The smallest absolute Gasteiger partial charge is 0.319 e. The van der Waals surface area contributed by atoms with Crippen LogP contribution in [0.25, 0.3) is 0 Å². The van der Waals surface area contributed by atoms with E-state index in [0.717, 1.165) is 17.5 Å². The van der Waals surface area contributed by atoms with Crippen molar-refractivity contribution in [3.05, 3.63) is 29.3 Å². The van der Waals surface area contributed by atoms with Crippen LogP contribution in [0, 0.1) is 18.8 Å². The molecule has 0 saturated carbocycles. The van der Waals surface area contributed by atoms with Crippen LogP contribution in [0.3, 0.4) is 0 Å². The van der Waals surface area contributed by atoms with Gasteiger partial charge in [0.1, 0.15) is 0 Å². The van der Waals surface area contributed by atoms with E-state index in [4.69, 9.17) is 10.5 Å². The summed E-state index contributed by atoms with van der Waals surface area (Å²) >= 11 is 0. The van der Waals surface area contributed by atoms with Gasteiger partial charge < -0.3 is 21.1 Å². The van der Waals surface area contributed by atoms with Crippen molar-refractivity contribution < 1.29 is 9.53 Å². The van der Waals surface area contributed by atoms with Crippen LogP contribution in [0.1, 0.15) is 17.5 Å². The number of ether oxygens (including phenoxy) is 1. The number of anilines is 1. The molecule has 1 fully saturated rings. The summed E-state index contributed by atoms with van der Waals surface area (Å²) in [6, 6.07) is 5.50. The first-order valence-electron chi connectivity index (χ1n) is 6.64. The van der Waals surface area contributed by atoms with Crippen LogP contribution < -0.4 is 16.4 Å². The minimum absolute atomic E-state index is 0.0944. The molecule has 106 valence electrons. The van der Waals surface area contributed by atoms with Crippen molar-refractivity contribution in [2.45, 2.75) is 19.4 Å². The molecule has 1 aliphatic heterocycles. The summed E-state index contributed by atoms with van der Waals surface area (Å²) < 4.78 is 5.21. The van der Waals surface area contributed by atoms with Gasteiger partial charge in [-0.1, -0.05) is 17.9 Å². The molecule has 0 aromatic heterocycles. The fourth-order valence-electron chi connectivity index (χ4n) is 1.98. The average Bonchev–Trinajstić information content (AvgIpc) is 2.92. The number of benzene rings is 1. The van der Waals surface area contributed by atoms with Crippen LogP contribution in [0.2, 0.25) is 0 Å². The lowest BCUT2D eigenvalue weighted by atomic mass is 10.1. The van der Waals surface area contributed by atoms with E-state index in [1.807, 2.05) is 25.1 Å². The first kappa shape index (κ1) is 14.4. The summed E-state index contributed by atoms with van der Waals surface area (Å²) in [5, 5.41) is 5.68. The van der Waals surface area contributed by atoms with E-state index in [1.165, 1.54) is 0 Å². The number of nitrogens with two attached hydrogens (primary N) is 1. The maximum atomic E-state index is 11.8. The Labute approximate surface area is 118 Å². The molecule has 1 heterocycles. The van der Waals surface area contributed by atoms with E-state index in [-0.39, 0.29) is 12.1 Å². The Morgan fingerprint density at radius 3 is 3.10 bits per heavy atom. The number of hydrogen-bond acceptors (Lipinski definition) is 3. The summed E-state index contributed by atoms with van der Waals surface area (Å²) in [5.41, 5.74) is 8.02. The number of nitrogens with one attached hydrogen (secondary N) is 2. The number of hydrogen-bond donors (Lipinski definition) is 3. The second-order valence-electron chi connectivity index (χ2n) is 4.69. The molecule has 0 bridgehead atoms. The third-order valence-corrected chi connectivity index (χ3v) is 3.09. The van der Waals surface area contributed by atoms with E-state index >= 15 is 0 Å². The van der Waals surface area contributed by atoms with Gasteiger partial charge >= 0.3 is 6.03 Å². The molecule has 0 radical (unpaired) electrons. The molecule has 1 unspecified atom stereocenters. The van der Waals surface area contributed by atoms with Gasteiger partial charge in [-0.2, -0.15) is 0 Å². The van der Waals surface area contributed by atoms with Gasteiger partial charge in [0.05, 0.1) is 19.2 Å². The fourth-order valence-corrected chi connectivity index (χ4v) is 1.98. The Hall–Kier alpha value is -2.03. The predicted molar refractivity (Wildman–Crippen MR) is 78.5 cm³/mol. The first-order valence-corrected chi connectivity index (χ1v) is 6.64. The van der Waals surface area contributed by atoms with Gasteiger partial charge in [0.2, 0.25) is 0 Å². The lowest BCUT2D eigenvalue weighted by Crippen LogP contribution is -2.38. The SMILES string of the molecule is Cc1ccc(NC(=O)NC2CCOC2)cc1C#CCN. The second-order valence-corrected chi connectivity index (χ2v) is 4.69. The number of carbonyl (C=O) groups excluding carboxylic acids is 1. The quantitative estimate of drug-likeness (QED) is 0.709. The highest BCUT2D eigenvalue weighted by Gasteiger charge is 2.17. The van der Waals surface area contributed by atoms with Gasteiger partial charge in [0.15, 0.2) is 0 Å². The maximum absolute atomic E-state index is 11.8. The van der Waals surface area contributed by atoms with Gasteiger partial charge in [0.25, 0.3) is 0 Å². The average molecular weight is 273 g/mol. The third kappa shape index (κ3) is 3.98. The predicted octanol–water partition coefficient (Wildman–Crippen LogP) is 1.22. The number of aryl methyl sites for hydroxylation is 1. The largest absolute Gasteiger partial charge is 0.379 e. The zero-order chi connectivity index (χ0) is 14.4. The van der Waals surface area contributed by atoms with Gasteiger partial charge in [-0.3, -0.25) is 0 Å². The Morgan fingerprint density at radius 2 is 2.40 bits per heavy atom. The lowest BCUT2D eigenvalue weighted by Gasteiger charge is -2.12. The minimum Gasteiger partial charge on any atom is -0.379 e. The number of urea groups is 1. The molecular weight excluding hydrogens is 254 g/mol. The minimum atomic E-state index is -0.220. The van der Waals surface area contributed by atoms with E-state index in [2.05, 4.69) is 22.5 Å². The van der Waals surface area contributed by atoms with Crippen LogP contribution in [0.4, 0.5) is 10.5 Å². The molecule has 1 atom stereocenters. The molecule has 1 aromatic carbocycles. The van der Waals surface area contributed by atoms with Crippen LogP contribution in [-0.4, -0.2) is 31.8 Å². The first-order chi connectivity index (χ1) is 9.69. The molecule has 20 heavy (non-hydrogen) atoms. The van der Waals surface area contributed by atoms with E-state index in [9.17, 15) is 4.79 Å². The molecule has 1 saturated heterocycles. The fraction of sp³-hybridized carbons (Fsp3) is 0.400. The molecule has 2 rings (SSSR count). The summed E-state index contributed by atoms with van der Waals surface area (Å²) in [7, 11) is 0. The zero-order valence-electron chi connectivity index (χ0n) is 11.5. The van der Waals surface area contributed by atoms with Crippen LogP contribution in [-0.2, 0) is 4.74 Å².